The van der Waals surface area contributed by atoms with Gasteiger partial charge >= 0.3 is 0 Å². The van der Waals surface area contributed by atoms with Crippen LogP contribution in [0, 0.1) is 0 Å². The van der Waals surface area contributed by atoms with E-state index in [9.17, 15) is 13.0 Å². The topological polar surface area (TPSA) is 92.4 Å². The van der Waals surface area contributed by atoms with Crippen LogP contribution in [0.3, 0.4) is 0 Å². The average molecular weight is 334 g/mol. The van der Waals surface area contributed by atoms with E-state index >= 15 is 0 Å². The van der Waals surface area contributed by atoms with Crippen LogP contribution in [-0.2, 0) is 32.7 Å². The number of para-hydroxylation sites is 3. The number of aromatic nitrogens is 2. The van der Waals surface area contributed by atoms with Crippen LogP contribution in [-0.4, -0.2) is 25.1 Å². The summed E-state index contributed by atoms with van der Waals surface area (Å²) in [6.07, 6.45) is 0. The minimum atomic E-state index is -4.76. The fraction of sp³-hybridized carbons (Fsp3) is 0.200. The third kappa shape index (κ3) is 3.30. The molecule has 120 valence electrons. The molecule has 3 aromatic rings. The van der Waals surface area contributed by atoms with E-state index in [2.05, 4.69) is 9.17 Å². The molecule has 0 amide bonds. The van der Waals surface area contributed by atoms with Gasteiger partial charge in [-0.3, -0.25) is 4.18 Å². The van der Waals surface area contributed by atoms with Gasteiger partial charge in [0.2, 0.25) is 21.4 Å². The van der Waals surface area contributed by atoms with Crippen LogP contribution < -0.4 is 4.57 Å². The van der Waals surface area contributed by atoms with E-state index in [4.69, 9.17) is 4.74 Å². The largest absolute Gasteiger partial charge is 0.726 e. The molecule has 0 N–H and O–H groups in total. The third-order valence-electron chi connectivity index (χ3n) is 3.41. The van der Waals surface area contributed by atoms with Crippen molar-refractivity contribution in [1.29, 1.82) is 0 Å². The number of ether oxygens (including phenoxy) is 1. The molecule has 7 nitrogen and oxygen atoms in total. The maximum atomic E-state index is 10.7. The lowest BCUT2D eigenvalue weighted by Gasteiger charge is -2.10. The zero-order valence-corrected chi connectivity index (χ0v) is 13.1. The van der Waals surface area contributed by atoms with Crippen LogP contribution in [0.25, 0.3) is 22.1 Å². The van der Waals surface area contributed by atoms with Crippen molar-refractivity contribution in [3.63, 3.8) is 0 Å². The Kier molecular flexibility index (Phi) is 4.22. The van der Waals surface area contributed by atoms with Gasteiger partial charge in [0, 0.05) is 24.8 Å². The number of nitrogens with zero attached hydrogens (tertiary/aromatic N) is 2. The first-order valence-corrected chi connectivity index (χ1v) is 8.12. The van der Waals surface area contributed by atoms with Crippen LogP contribution in [0.15, 0.2) is 42.5 Å². The second kappa shape index (κ2) is 6.17. The fourth-order valence-electron chi connectivity index (χ4n) is 2.48. The van der Waals surface area contributed by atoms with Crippen LogP contribution >= 0.6 is 0 Å². The molecule has 0 fully saturated rings. The molecule has 8 heteroatoms. The molecule has 0 radical (unpaired) electrons. The second-order valence-corrected chi connectivity index (χ2v) is 5.95. The molecule has 3 rings (SSSR count). The van der Waals surface area contributed by atoms with Crippen LogP contribution in [0.5, 0.6) is 0 Å². The normalized spacial score (nSPS) is 12.1. The highest BCUT2D eigenvalue weighted by molar-refractivity contribution is 7.80. The first kappa shape index (κ1) is 15.8. The first-order chi connectivity index (χ1) is 11.0. The Bertz CT molecular complexity index is 972. The summed E-state index contributed by atoms with van der Waals surface area (Å²) in [5.74, 6) is 0. The average Bonchev–Trinajstić information content (AvgIpc) is 2.52. The molecule has 1 heterocycles. The molecule has 23 heavy (non-hydrogen) atoms. The lowest BCUT2D eigenvalue weighted by Crippen LogP contribution is -2.37. The zero-order chi connectivity index (χ0) is 16.4. The standard InChI is InChI=1S/C15H14N2O5S/c1-21-10-17-13-7-3-2-6-12(13)16-15-11(5-4-8-14(15)17)9-22-23(18,19)20/h2-8H,9-10H2,1H3. The summed E-state index contributed by atoms with van der Waals surface area (Å²) >= 11 is 0. The summed E-state index contributed by atoms with van der Waals surface area (Å²) < 4.78 is 43.6. The van der Waals surface area contributed by atoms with E-state index in [1.165, 1.54) is 0 Å². The third-order valence-corrected chi connectivity index (χ3v) is 3.82. The molecule has 0 aliphatic heterocycles. The maximum Gasteiger partial charge on any atom is 0.253 e. The van der Waals surface area contributed by atoms with E-state index in [1.807, 2.05) is 34.9 Å². The number of rotatable bonds is 5. The number of benzene rings is 2. The smallest absolute Gasteiger partial charge is 0.253 e. The summed E-state index contributed by atoms with van der Waals surface area (Å²) in [4.78, 5) is 4.57. The summed E-state index contributed by atoms with van der Waals surface area (Å²) in [5, 5.41) is 0. The van der Waals surface area contributed by atoms with E-state index in [1.54, 1.807) is 19.2 Å². The van der Waals surface area contributed by atoms with Gasteiger partial charge in [-0.15, -0.1) is 0 Å². The first-order valence-electron chi connectivity index (χ1n) is 6.79. The van der Waals surface area contributed by atoms with Crippen molar-refractivity contribution in [3.8, 4) is 0 Å². The lowest BCUT2D eigenvalue weighted by atomic mass is 10.1. The van der Waals surface area contributed by atoms with Gasteiger partial charge in [-0.05, 0) is 6.07 Å². The van der Waals surface area contributed by atoms with Crippen molar-refractivity contribution in [2.45, 2.75) is 13.3 Å². The molecule has 0 aliphatic carbocycles. The van der Waals surface area contributed by atoms with Crippen molar-refractivity contribution in [2.24, 2.45) is 0 Å². The van der Waals surface area contributed by atoms with Crippen LogP contribution in [0.2, 0.25) is 0 Å². The molecule has 0 saturated heterocycles. The van der Waals surface area contributed by atoms with Gasteiger partial charge in [-0.2, -0.15) is 4.57 Å². The summed E-state index contributed by atoms with van der Waals surface area (Å²) in [7, 11) is -3.17. The molecular formula is C15H14N2O5S. The molecule has 0 atom stereocenters. The van der Waals surface area contributed by atoms with Crippen LogP contribution in [0.4, 0.5) is 0 Å². The molecule has 0 aliphatic rings. The summed E-state index contributed by atoms with van der Waals surface area (Å²) in [6.45, 7) is -0.0504. The quantitative estimate of drug-likeness (QED) is 0.302. The minimum Gasteiger partial charge on any atom is -0.726 e. The summed E-state index contributed by atoms with van der Waals surface area (Å²) in [5.41, 5.74) is 3.45. The van der Waals surface area contributed by atoms with Crippen molar-refractivity contribution < 1.29 is 26.5 Å². The van der Waals surface area contributed by atoms with E-state index in [0.717, 1.165) is 16.6 Å². The van der Waals surface area contributed by atoms with Crippen molar-refractivity contribution >= 4 is 32.5 Å². The molecular weight excluding hydrogens is 320 g/mol. The van der Waals surface area contributed by atoms with Gasteiger partial charge in [0.1, 0.15) is 11.0 Å². The predicted molar refractivity (Wildman–Crippen MR) is 80.9 cm³/mol. The fourth-order valence-corrected chi connectivity index (χ4v) is 2.75. The van der Waals surface area contributed by atoms with Gasteiger partial charge < -0.3 is 9.29 Å². The molecule has 0 saturated carbocycles. The Hall–Kier alpha value is -2.13. The number of hydrogen-bond donors (Lipinski definition) is 0. The number of methoxy groups -OCH3 is 1. The van der Waals surface area contributed by atoms with E-state index < -0.39 is 10.4 Å². The molecule has 1 aromatic heterocycles. The van der Waals surface area contributed by atoms with Crippen LogP contribution in [0.1, 0.15) is 5.56 Å². The van der Waals surface area contributed by atoms with Gasteiger partial charge in [0.15, 0.2) is 0 Å². The molecule has 0 bridgehead atoms. The maximum absolute atomic E-state index is 10.7. The Labute approximate surface area is 133 Å². The van der Waals surface area contributed by atoms with Gasteiger partial charge in [0.05, 0.1) is 6.61 Å². The summed E-state index contributed by atoms with van der Waals surface area (Å²) in [6, 6.07) is 12.8. The lowest BCUT2D eigenvalue weighted by molar-refractivity contribution is -0.683. The monoisotopic (exact) mass is 334 g/mol. The Morgan fingerprint density at radius 1 is 1.13 bits per heavy atom. The SMILES string of the molecule is COC[n+]1c2ccccc2nc2c(COS(=O)(=O)[O-])cccc21. The Morgan fingerprint density at radius 2 is 1.87 bits per heavy atom. The Balaban J connectivity index is 2.24. The number of hydrogen-bond acceptors (Lipinski definition) is 6. The van der Waals surface area contributed by atoms with E-state index in [0.29, 0.717) is 17.8 Å². The Morgan fingerprint density at radius 3 is 2.61 bits per heavy atom. The molecule has 0 spiro atoms. The highest BCUT2D eigenvalue weighted by atomic mass is 32.3. The van der Waals surface area contributed by atoms with Crippen molar-refractivity contribution in [3.05, 3.63) is 48.0 Å². The van der Waals surface area contributed by atoms with Crippen molar-refractivity contribution in [1.82, 2.24) is 4.98 Å². The second-order valence-electron chi connectivity index (χ2n) is 4.90. The van der Waals surface area contributed by atoms with Gasteiger partial charge in [0.25, 0.3) is 6.73 Å². The molecule has 2 aromatic carbocycles. The van der Waals surface area contributed by atoms with Gasteiger partial charge in [-0.1, -0.05) is 24.3 Å². The highest BCUT2D eigenvalue weighted by Crippen LogP contribution is 2.19. The molecule has 0 unspecified atom stereocenters. The van der Waals surface area contributed by atoms with Gasteiger partial charge in [-0.25, -0.2) is 13.4 Å². The highest BCUT2D eigenvalue weighted by Gasteiger charge is 2.18. The minimum absolute atomic E-state index is 0.309. The number of fused-ring (bicyclic) bond motifs is 2. The zero-order valence-electron chi connectivity index (χ0n) is 12.3. The van der Waals surface area contributed by atoms with E-state index in [-0.39, 0.29) is 6.61 Å². The predicted octanol–water partition coefficient (Wildman–Crippen LogP) is 1.26. The van der Waals surface area contributed by atoms with Crippen molar-refractivity contribution in [2.75, 3.05) is 7.11 Å².